The molecule has 0 heterocycles. The van der Waals surface area contributed by atoms with Crippen LogP contribution in [0.5, 0.6) is 0 Å². The van der Waals surface area contributed by atoms with Gasteiger partial charge >= 0.3 is 0 Å². The quantitative estimate of drug-likeness (QED) is 0.452. The summed E-state index contributed by atoms with van der Waals surface area (Å²) in [5, 5.41) is 10.2. The molecule has 68 valence electrons. The molecule has 4 nitrogen and oxygen atoms in total. The molecule has 1 rings (SSSR count). The first-order valence-electron chi connectivity index (χ1n) is 3.68. The third kappa shape index (κ3) is 3.75. The highest BCUT2D eigenvalue weighted by Crippen LogP contribution is 2.17. The van der Waals surface area contributed by atoms with Crippen molar-refractivity contribution in [3.8, 4) is 6.19 Å². The van der Waals surface area contributed by atoms with E-state index in [1.165, 1.54) is 0 Å². The van der Waals surface area contributed by atoms with Crippen molar-refractivity contribution in [2.75, 3.05) is 0 Å². The Hall–Kier alpha value is -1.30. The summed E-state index contributed by atoms with van der Waals surface area (Å²) in [5.74, 6) is 0. The van der Waals surface area contributed by atoms with Gasteiger partial charge in [-0.1, -0.05) is 30.3 Å². The summed E-state index contributed by atoms with van der Waals surface area (Å²) in [4.78, 5) is 0. The fraction of sp³-hybridized carbons (Fsp3) is 0.125. The van der Waals surface area contributed by atoms with Gasteiger partial charge in [-0.3, -0.25) is 9.65 Å². The first-order valence-corrected chi connectivity index (χ1v) is 5.00. The smallest absolute Gasteiger partial charge is 0.291 e. The predicted molar refractivity (Wildman–Crippen MR) is 49.0 cm³/mol. The molecule has 0 aromatic heterocycles. The highest BCUT2D eigenvalue weighted by atomic mass is 31.1. The second-order valence-corrected chi connectivity index (χ2v) is 3.41. The SMILES string of the molecule is N#CN[PH](=O)OCc1ccccc1. The Morgan fingerprint density at radius 3 is 2.77 bits per heavy atom. The Labute approximate surface area is 77.1 Å². The van der Waals surface area contributed by atoms with E-state index in [-0.39, 0.29) is 6.61 Å². The van der Waals surface area contributed by atoms with Gasteiger partial charge in [0.05, 0.1) is 6.61 Å². The Morgan fingerprint density at radius 2 is 2.15 bits per heavy atom. The summed E-state index contributed by atoms with van der Waals surface area (Å²) in [5.41, 5.74) is 0.931. The van der Waals surface area contributed by atoms with Gasteiger partial charge < -0.3 is 4.52 Å². The van der Waals surface area contributed by atoms with Crippen molar-refractivity contribution in [1.82, 2.24) is 5.09 Å². The van der Waals surface area contributed by atoms with Crippen molar-refractivity contribution in [3.05, 3.63) is 35.9 Å². The van der Waals surface area contributed by atoms with Crippen LogP contribution in [0.15, 0.2) is 30.3 Å². The molecular formula is C8H9N2O2P. The molecule has 0 aliphatic rings. The van der Waals surface area contributed by atoms with E-state index in [9.17, 15) is 4.57 Å². The number of rotatable bonds is 4. The Bertz CT molecular complexity index is 321. The van der Waals surface area contributed by atoms with Crippen molar-refractivity contribution in [2.24, 2.45) is 0 Å². The molecular weight excluding hydrogens is 187 g/mol. The first-order chi connectivity index (χ1) is 6.33. The van der Waals surface area contributed by atoms with Gasteiger partial charge in [0, 0.05) is 0 Å². The van der Waals surface area contributed by atoms with Gasteiger partial charge in [0.25, 0.3) is 8.18 Å². The summed E-state index contributed by atoms with van der Waals surface area (Å²) < 4.78 is 15.7. The zero-order valence-electron chi connectivity index (χ0n) is 6.86. The molecule has 5 heteroatoms. The number of hydrogen-bond donors (Lipinski definition) is 1. The molecule has 0 bridgehead atoms. The Morgan fingerprint density at radius 1 is 1.46 bits per heavy atom. The zero-order valence-corrected chi connectivity index (χ0v) is 7.86. The maximum atomic E-state index is 10.8. The van der Waals surface area contributed by atoms with Crippen molar-refractivity contribution >= 4 is 8.18 Å². The third-order valence-electron chi connectivity index (χ3n) is 1.37. The number of nitrogens with zero attached hydrogens (tertiary/aromatic N) is 1. The van der Waals surface area contributed by atoms with E-state index in [2.05, 4.69) is 0 Å². The first kappa shape index (κ1) is 9.79. The standard InChI is InChI=1S/C8H9N2O2P/c9-7-10-13(11)12-6-8-4-2-1-3-5-8/h1-5,13H,6H2,(H,10,11). The molecule has 1 aromatic carbocycles. The van der Waals surface area contributed by atoms with Crippen LogP contribution in [-0.4, -0.2) is 0 Å². The van der Waals surface area contributed by atoms with Crippen molar-refractivity contribution in [3.63, 3.8) is 0 Å². The minimum atomic E-state index is -2.40. The molecule has 1 aromatic rings. The van der Waals surface area contributed by atoms with Gasteiger partial charge in [0.15, 0.2) is 6.19 Å². The van der Waals surface area contributed by atoms with E-state index in [1.54, 1.807) is 6.19 Å². The van der Waals surface area contributed by atoms with Crippen molar-refractivity contribution in [2.45, 2.75) is 6.61 Å². The molecule has 0 saturated carbocycles. The molecule has 0 spiro atoms. The monoisotopic (exact) mass is 196 g/mol. The molecule has 1 atom stereocenters. The zero-order chi connectivity index (χ0) is 9.52. The molecule has 0 fully saturated rings. The van der Waals surface area contributed by atoms with E-state index >= 15 is 0 Å². The van der Waals surface area contributed by atoms with E-state index in [0.717, 1.165) is 5.56 Å². The molecule has 13 heavy (non-hydrogen) atoms. The maximum Gasteiger partial charge on any atom is 0.291 e. The summed E-state index contributed by atoms with van der Waals surface area (Å²) in [6.45, 7) is 0.257. The van der Waals surface area contributed by atoms with E-state index < -0.39 is 8.18 Å². The van der Waals surface area contributed by atoms with Crippen molar-refractivity contribution in [1.29, 1.82) is 5.26 Å². The maximum absolute atomic E-state index is 10.8. The Kier molecular flexibility index (Phi) is 4.04. The van der Waals surface area contributed by atoms with Gasteiger partial charge in [-0.15, -0.1) is 0 Å². The summed E-state index contributed by atoms with van der Waals surface area (Å²) >= 11 is 0. The summed E-state index contributed by atoms with van der Waals surface area (Å²) in [6.07, 6.45) is 1.56. The van der Waals surface area contributed by atoms with Gasteiger partial charge in [-0.25, -0.2) is 0 Å². The van der Waals surface area contributed by atoms with E-state index in [4.69, 9.17) is 9.79 Å². The van der Waals surface area contributed by atoms with Gasteiger partial charge in [-0.2, -0.15) is 5.26 Å². The second kappa shape index (κ2) is 5.36. The Balaban J connectivity index is 2.36. The summed E-state index contributed by atoms with van der Waals surface area (Å²) in [7, 11) is -2.40. The highest BCUT2D eigenvalue weighted by Gasteiger charge is 1.96. The number of nitrogens with one attached hydrogen (secondary N) is 1. The number of nitriles is 1. The molecule has 0 aliphatic carbocycles. The summed E-state index contributed by atoms with van der Waals surface area (Å²) in [6, 6.07) is 9.35. The highest BCUT2D eigenvalue weighted by molar-refractivity contribution is 7.36. The fourth-order valence-electron chi connectivity index (χ4n) is 0.805. The molecule has 1 N–H and O–H groups in total. The molecule has 0 saturated heterocycles. The lowest BCUT2D eigenvalue weighted by molar-refractivity contribution is 0.315. The van der Waals surface area contributed by atoms with Gasteiger partial charge in [-0.05, 0) is 5.56 Å². The number of hydrogen-bond acceptors (Lipinski definition) is 3. The average Bonchev–Trinajstić information content (AvgIpc) is 2.17. The van der Waals surface area contributed by atoms with Gasteiger partial charge in [0.1, 0.15) is 0 Å². The predicted octanol–water partition coefficient (Wildman–Crippen LogP) is 1.66. The van der Waals surface area contributed by atoms with Crippen LogP contribution >= 0.6 is 8.18 Å². The fourth-order valence-corrected chi connectivity index (χ4v) is 1.27. The van der Waals surface area contributed by atoms with E-state index in [1.807, 2.05) is 35.4 Å². The third-order valence-corrected chi connectivity index (χ3v) is 2.09. The lowest BCUT2D eigenvalue weighted by Gasteiger charge is -2.01. The van der Waals surface area contributed by atoms with Crippen LogP contribution in [0.2, 0.25) is 0 Å². The largest absolute Gasteiger partial charge is 0.310 e. The normalized spacial score (nSPS) is 11.6. The number of benzene rings is 1. The average molecular weight is 196 g/mol. The van der Waals surface area contributed by atoms with Gasteiger partial charge in [0.2, 0.25) is 0 Å². The van der Waals surface area contributed by atoms with Crippen LogP contribution in [0.1, 0.15) is 5.56 Å². The van der Waals surface area contributed by atoms with Crippen LogP contribution in [0.4, 0.5) is 0 Å². The van der Waals surface area contributed by atoms with Crippen LogP contribution in [0.25, 0.3) is 0 Å². The minimum absolute atomic E-state index is 0.257. The lowest BCUT2D eigenvalue weighted by Crippen LogP contribution is -1.94. The second-order valence-electron chi connectivity index (χ2n) is 2.30. The van der Waals surface area contributed by atoms with Crippen LogP contribution < -0.4 is 5.09 Å². The lowest BCUT2D eigenvalue weighted by atomic mass is 10.2. The molecule has 0 radical (unpaired) electrons. The van der Waals surface area contributed by atoms with Crippen LogP contribution in [-0.2, 0) is 15.7 Å². The topological polar surface area (TPSA) is 62.1 Å². The van der Waals surface area contributed by atoms with Crippen LogP contribution in [0, 0.1) is 11.5 Å². The van der Waals surface area contributed by atoms with Crippen molar-refractivity contribution < 1.29 is 9.09 Å². The molecule has 0 amide bonds. The molecule has 1 unspecified atom stereocenters. The molecule has 0 aliphatic heterocycles. The van der Waals surface area contributed by atoms with E-state index in [0.29, 0.717) is 0 Å². The minimum Gasteiger partial charge on any atom is -0.310 e. The van der Waals surface area contributed by atoms with Crippen LogP contribution in [0.3, 0.4) is 0 Å².